The number of hydrogen-bond acceptors (Lipinski definition) is 12. The van der Waals surface area contributed by atoms with E-state index in [1.165, 1.54) is 0 Å². The third-order valence-corrected chi connectivity index (χ3v) is 3.30. The van der Waals surface area contributed by atoms with Gasteiger partial charge < -0.3 is 0 Å². The standard InChI is InChI=1S/C3H4N2O2.C3H4N2OS.C2H4N4.C2H4N2O2S.4CH4/c2*1-2-4-3(6)7-5-2;1-2-3-5-6-4-2;1-2-3-6-7(5)4-2;;;;/h2*1H3,(H,4,5,6);1H3,(H,3,4,5,6);1H3,(H,3,4);4*1H4. The summed E-state index contributed by atoms with van der Waals surface area (Å²) in [5.74, 6) is 1.92. The molecule has 0 aromatic carbocycles. The number of hydrogen-bond donors (Lipinski definition) is 4. The van der Waals surface area contributed by atoms with Gasteiger partial charge >= 0.3 is 21.9 Å². The summed E-state index contributed by atoms with van der Waals surface area (Å²) in [7, 11) is 0. The summed E-state index contributed by atoms with van der Waals surface area (Å²) in [4.78, 5) is 24.9. The van der Waals surface area contributed by atoms with Crippen LogP contribution in [0.3, 0.4) is 0 Å². The number of amidine groups is 1. The van der Waals surface area contributed by atoms with Gasteiger partial charge in [0.15, 0.2) is 5.82 Å². The largest absolute Gasteiger partial charge is 0.438 e. The number of rotatable bonds is 0. The fraction of sp³-hybridized carbons (Fsp3) is 0.571. The molecule has 4 heterocycles. The predicted octanol–water partition coefficient (Wildman–Crippen LogP) is 1.38. The van der Waals surface area contributed by atoms with Crippen molar-refractivity contribution < 1.29 is 13.0 Å². The molecule has 0 fully saturated rings. The highest BCUT2D eigenvalue weighted by molar-refractivity contribution is 7.79. The van der Waals surface area contributed by atoms with Gasteiger partial charge in [-0.1, -0.05) is 40.1 Å². The summed E-state index contributed by atoms with van der Waals surface area (Å²) in [6.07, 6.45) is 0. The van der Waals surface area contributed by atoms with E-state index in [2.05, 4.69) is 58.8 Å². The molecule has 0 amide bonds. The van der Waals surface area contributed by atoms with Crippen molar-refractivity contribution in [2.75, 3.05) is 0 Å². The SMILES string of the molecule is C.C.C.C.CC1=NS(=O)ON1.Cc1nn[nH]n1.Cc1noc(=O)[nH]1.Cc1nsc(=O)[nH]1. The first-order chi connectivity index (χ1) is 12.8. The Morgan fingerprint density at radius 3 is 1.74 bits per heavy atom. The third-order valence-electron chi connectivity index (χ3n) is 2.02. The van der Waals surface area contributed by atoms with Crippen LogP contribution >= 0.6 is 11.5 Å². The molecule has 0 radical (unpaired) electrons. The smallest absolute Gasteiger partial charge is 0.300 e. The van der Waals surface area contributed by atoms with Crippen molar-refractivity contribution >= 4 is 28.6 Å². The molecule has 3 aromatic rings. The maximum Gasteiger partial charge on any atom is 0.438 e. The molecule has 17 heteroatoms. The maximum absolute atomic E-state index is 10.2. The van der Waals surface area contributed by atoms with Crippen molar-refractivity contribution in [3.8, 4) is 0 Å². The average molecular weight is 485 g/mol. The number of hydroxylamine groups is 1. The average Bonchev–Trinajstić information content (AvgIpc) is 3.37. The molecule has 1 aliphatic rings. The Labute approximate surface area is 187 Å². The first kappa shape index (κ1) is 35.4. The van der Waals surface area contributed by atoms with E-state index in [4.69, 9.17) is 0 Å². The minimum absolute atomic E-state index is 0. The van der Waals surface area contributed by atoms with Crippen molar-refractivity contribution in [2.45, 2.75) is 57.4 Å². The molecule has 0 aliphatic carbocycles. The number of nitrogens with zero attached hydrogens (tertiary/aromatic N) is 6. The van der Waals surface area contributed by atoms with E-state index in [1.807, 2.05) is 0 Å². The highest BCUT2D eigenvalue weighted by Gasteiger charge is 2.05. The Kier molecular flexibility index (Phi) is 21.6. The second kappa shape index (κ2) is 18.9. The fourth-order valence-electron chi connectivity index (χ4n) is 1.06. The Bertz CT molecular complexity index is 914. The van der Waals surface area contributed by atoms with E-state index in [0.717, 1.165) is 11.5 Å². The topological polar surface area (TPSA) is 210 Å². The summed E-state index contributed by atoms with van der Waals surface area (Å²) < 4.78 is 25.6. The second-order valence-corrected chi connectivity index (χ2v) is 5.92. The molecule has 4 rings (SSSR count). The molecule has 1 aliphatic heterocycles. The summed E-state index contributed by atoms with van der Waals surface area (Å²) >= 11 is -0.533. The van der Waals surface area contributed by atoms with Crippen LogP contribution in [0.1, 0.15) is 54.1 Å². The van der Waals surface area contributed by atoms with Gasteiger partial charge in [-0.15, -0.1) is 14.6 Å². The van der Waals surface area contributed by atoms with Gasteiger partial charge in [0.2, 0.25) is 0 Å². The van der Waals surface area contributed by atoms with Crippen LogP contribution in [0.4, 0.5) is 0 Å². The lowest BCUT2D eigenvalue weighted by Gasteiger charge is -1.83. The number of aromatic amines is 3. The Morgan fingerprint density at radius 2 is 1.61 bits per heavy atom. The van der Waals surface area contributed by atoms with Gasteiger partial charge in [0.05, 0.1) is 0 Å². The van der Waals surface area contributed by atoms with Crippen LogP contribution in [0, 0.1) is 20.8 Å². The molecule has 3 aromatic heterocycles. The van der Waals surface area contributed by atoms with E-state index in [0.29, 0.717) is 23.3 Å². The van der Waals surface area contributed by atoms with Gasteiger partial charge in [-0.05, 0) is 27.7 Å². The molecule has 1 atom stereocenters. The minimum atomic E-state index is -1.48. The van der Waals surface area contributed by atoms with Crippen LogP contribution in [0.2, 0.25) is 0 Å². The summed E-state index contributed by atoms with van der Waals surface area (Å²) in [6, 6.07) is 0. The van der Waals surface area contributed by atoms with Crippen molar-refractivity contribution in [3.05, 3.63) is 37.7 Å². The second-order valence-electron chi connectivity index (χ2n) is 4.40. The highest BCUT2D eigenvalue weighted by Crippen LogP contribution is 1.92. The van der Waals surface area contributed by atoms with E-state index < -0.39 is 17.0 Å². The van der Waals surface area contributed by atoms with E-state index in [9.17, 15) is 13.8 Å². The van der Waals surface area contributed by atoms with Crippen molar-refractivity contribution in [1.29, 1.82) is 0 Å². The predicted molar refractivity (Wildman–Crippen MR) is 121 cm³/mol. The van der Waals surface area contributed by atoms with Crippen molar-refractivity contribution in [1.82, 2.24) is 45.6 Å². The molecular weight excluding hydrogens is 452 g/mol. The zero-order valence-corrected chi connectivity index (χ0v) is 16.2. The van der Waals surface area contributed by atoms with Gasteiger partial charge in [-0.2, -0.15) is 13.9 Å². The molecule has 180 valence electrons. The number of tetrazole rings is 1. The van der Waals surface area contributed by atoms with E-state index in [-0.39, 0.29) is 34.6 Å². The van der Waals surface area contributed by atoms with Gasteiger partial charge in [-0.3, -0.25) is 19.3 Å². The molecule has 4 N–H and O–H groups in total. The molecule has 31 heavy (non-hydrogen) atoms. The monoisotopic (exact) mass is 484 g/mol. The van der Waals surface area contributed by atoms with Gasteiger partial charge in [0, 0.05) is 11.5 Å². The van der Waals surface area contributed by atoms with Gasteiger partial charge in [0.1, 0.15) is 17.5 Å². The Balaban J connectivity index is -0.000000151. The van der Waals surface area contributed by atoms with Gasteiger partial charge in [0.25, 0.3) is 0 Å². The summed E-state index contributed by atoms with van der Waals surface area (Å²) in [5.41, 5.74) is 2.32. The van der Waals surface area contributed by atoms with Crippen LogP contribution in [0.25, 0.3) is 0 Å². The third kappa shape index (κ3) is 17.5. The molecule has 15 nitrogen and oxygen atoms in total. The molecule has 1 unspecified atom stereocenters. The molecule has 0 bridgehead atoms. The zero-order valence-electron chi connectivity index (χ0n) is 14.5. The Hall–Kier alpha value is -3.05. The lowest BCUT2D eigenvalue weighted by Crippen LogP contribution is -2.11. The molecule has 0 saturated heterocycles. The normalized spacial score (nSPS) is 12.5. The van der Waals surface area contributed by atoms with E-state index in [1.54, 1.807) is 27.7 Å². The zero-order chi connectivity index (χ0) is 20.2. The van der Waals surface area contributed by atoms with E-state index >= 15 is 0 Å². The number of aryl methyl sites for hydroxylation is 3. The maximum atomic E-state index is 10.2. The number of aromatic nitrogens is 8. The van der Waals surface area contributed by atoms with Crippen molar-refractivity contribution in [2.24, 2.45) is 4.40 Å². The van der Waals surface area contributed by atoms with Crippen molar-refractivity contribution in [3.63, 3.8) is 0 Å². The quantitative estimate of drug-likeness (QED) is 0.358. The highest BCUT2D eigenvalue weighted by atomic mass is 32.2. The lowest BCUT2D eigenvalue weighted by atomic mass is 10.7. The van der Waals surface area contributed by atoms with Crippen LogP contribution in [0.15, 0.2) is 18.5 Å². The first-order valence-corrected chi connectivity index (χ1v) is 8.72. The number of nitrogens with one attached hydrogen (secondary N) is 4. The van der Waals surface area contributed by atoms with Crippen LogP contribution < -0.4 is 16.1 Å². The minimum Gasteiger partial charge on any atom is -0.300 e. The Morgan fingerprint density at radius 1 is 0.968 bits per heavy atom. The molecule has 0 saturated carbocycles. The number of H-pyrrole nitrogens is 3. The molecule has 0 spiro atoms. The van der Waals surface area contributed by atoms with Gasteiger partial charge in [-0.25, -0.2) is 14.5 Å². The lowest BCUT2D eigenvalue weighted by molar-refractivity contribution is 0.304. The van der Waals surface area contributed by atoms with Crippen LogP contribution in [-0.4, -0.2) is 50.2 Å². The summed E-state index contributed by atoms with van der Waals surface area (Å²) in [6.45, 7) is 6.83. The first-order valence-electron chi connectivity index (χ1n) is 6.92. The van der Waals surface area contributed by atoms with Crippen LogP contribution in [0.5, 0.6) is 0 Å². The van der Waals surface area contributed by atoms with Crippen LogP contribution in [-0.2, 0) is 15.6 Å². The summed E-state index contributed by atoms with van der Waals surface area (Å²) in [5, 5.41) is 16.0. The fourth-order valence-corrected chi connectivity index (χ4v) is 2.01. The molecular formula is C14H32N10O5S2.